The molecule has 1 N–H and O–H groups in total. The number of nitrogens with one attached hydrogen (secondary N) is 1. The lowest BCUT2D eigenvalue weighted by Crippen LogP contribution is -2.41. The van der Waals surface area contributed by atoms with Crippen LogP contribution in [0.15, 0.2) is 54.6 Å². The van der Waals surface area contributed by atoms with Gasteiger partial charge in [0.25, 0.3) is 0 Å². The minimum Gasteiger partial charge on any atom is -0.338 e. The molecule has 6 heteroatoms. The molecule has 26 heavy (non-hydrogen) atoms. The third-order valence-electron chi connectivity index (χ3n) is 3.92. The first-order valence-corrected chi connectivity index (χ1v) is 8.92. The summed E-state index contributed by atoms with van der Waals surface area (Å²) in [6.45, 7) is 3.42. The van der Waals surface area contributed by atoms with E-state index < -0.39 is 0 Å². The van der Waals surface area contributed by atoms with Crippen LogP contribution in [0.3, 0.4) is 0 Å². The highest BCUT2D eigenvalue weighted by molar-refractivity contribution is 6.33. The van der Waals surface area contributed by atoms with Gasteiger partial charge in [-0.3, -0.25) is 14.5 Å². The van der Waals surface area contributed by atoms with Gasteiger partial charge in [-0.05, 0) is 31.7 Å². The summed E-state index contributed by atoms with van der Waals surface area (Å²) in [5.41, 5.74) is 1.65. The largest absolute Gasteiger partial charge is 0.338 e. The van der Waals surface area contributed by atoms with Gasteiger partial charge in [0.15, 0.2) is 0 Å². The molecule has 0 aromatic heterocycles. The van der Waals surface area contributed by atoms with Gasteiger partial charge in [0.05, 0.1) is 23.8 Å². The van der Waals surface area contributed by atoms with Crippen LogP contribution >= 0.6 is 11.6 Å². The van der Waals surface area contributed by atoms with E-state index in [1.165, 1.54) is 0 Å². The van der Waals surface area contributed by atoms with Crippen molar-refractivity contribution in [3.05, 3.63) is 65.2 Å². The van der Waals surface area contributed by atoms with E-state index in [0.29, 0.717) is 23.8 Å². The first-order valence-electron chi connectivity index (χ1n) is 8.54. The van der Waals surface area contributed by atoms with Crippen molar-refractivity contribution < 1.29 is 9.59 Å². The molecule has 0 unspecified atom stereocenters. The maximum atomic E-state index is 12.5. The van der Waals surface area contributed by atoms with Crippen molar-refractivity contribution in [1.29, 1.82) is 0 Å². The normalized spacial score (nSPS) is 10.6. The third-order valence-corrected chi connectivity index (χ3v) is 4.25. The molecule has 2 amide bonds. The number of halogens is 1. The van der Waals surface area contributed by atoms with E-state index in [4.69, 9.17) is 11.6 Å². The van der Waals surface area contributed by atoms with Gasteiger partial charge in [0.1, 0.15) is 0 Å². The molecule has 2 rings (SSSR count). The Bertz CT molecular complexity index is 737. The average molecular weight is 374 g/mol. The minimum atomic E-state index is -0.209. The number of hydrogen-bond donors (Lipinski definition) is 1. The summed E-state index contributed by atoms with van der Waals surface area (Å²) in [5.74, 6) is -0.219. The number of rotatable bonds is 8. The smallest absolute Gasteiger partial charge is 0.238 e. The first-order chi connectivity index (χ1) is 12.5. The zero-order valence-electron chi connectivity index (χ0n) is 15.1. The van der Waals surface area contributed by atoms with Crippen LogP contribution in [0.5, 0.6) is 0 Å². The molecule has 0 saturated heterocycles. The maximum absolute atomic E-state index is 12.5. The Morgan fingerprint density at radius 2 is 1.65 bits per heavy atom. The van der Waals surface area contributed by atoms with Crippen molar-refractivity contribution in [2.24, 2.45) is 0 Å². The number of hydrogen-bond acceptors (Lipinski definition) is 3. The predicted molar refractivity (Wildman–Crippen MR) is 105 cm³/mol. The van der Waals surface area contributed by atoms with Gasteiger partial charge >= 0.3 is 0 Å². The predicted octanol–water partition coefficient (Wildman–Crippen LogP) is 3.26. The molecule has 0 bridgehead atoms. The van der Waals surface area contributed by atoms with E-state index in [9.17, 15) is 9.59 Å². The van der Waals surface area contributed by atoms with Crippen LogP contribution in [0.2, 0.25) is 5.02 Å². The van der Waals surface area contributed by atoms with Crippen LogP contribution < -0.4 is 5.32 Å². The molecule has 0 aliphatic heterocycles. The molecule has 0 saturated carbocycles. The third kappa shape index (κ3) is 6.17. The van der Waals surface area contributed by atoms with Crippen LogP contribution in [0, 0.1) is 0 Å². The monoisotopic (exact) mass is 373 g/mol. The lowest BCUT2D eigenvalue weighted by molar-refractivity contribution is -0.132. The number of carbonyl (C=O) groups is 2. The van der Waals surface area contributed by atoms with Gasteiger partial charge in [-0.25, -0.2) is 0 Å². The van der Waals surface area contributed by atoms with E-state index >= 15 is 0 Å². The Morgan fingerprint density at radius 1 is 1.00 bits per heavy atom. The fourth-order valence-electron chi connectivity index (χ4n) is 2.56. The summed E-state index contributed by atoms with van der Waals surface area (Å²) >= 11 is 6.04. The maximum Gasteiger partial charge on any atom is 0.238 e. The van der Waals surface area contributed by atoms with Crippen molar-refractivity contribution in [3.8, 4) is 0 Å². The van der Waals surface area contributed by atoms with Crippen molar-refractivity contribution in [1.82, 2.24) is 9.80 Å². The molecular weight excluding hydrogens is 350 g/mol. The van der Waals surface area contributed by atoms with Gasteiger partial charge in [0.2, 0.25) is 11.8 Å². The van der Waals surface area contributed by atoms with E-state index in [1.807, 2.05) is 37.3 Å². The fraction of sp³-hybridized carbons (Fsp3) is 0.300. The summed E-state index contributed by atoms with van der Waals surface area (Å²) in [6.07, 6.45) is 0. The van der Waals surface area contributed by atoms with Gasteiger partial charge in [0, 0.05) is 13.1 Å². The molecule has 0 aliphatic rings. The molecule has 0 radical (unpaired) electrons. The average Bonchev–Trinajstić information content (AvgIpc) is 2.62. The zero-order chi connectivity index (χ0) is 18.9. The summed E-state index contributed by atoms with van der Waals surface area (Å²) in [4.78, 5) is 28.1. The Hall–Kier alpha value is -2.37. The number of likely N-dealkylation sites (N-methyl/N-ethyl adjacent to an activating group) is 2. The molecule has 0 spiro atoms. The van der Waals surface area contributed by atoms with Gasteiger partial charge in [-0.15, -0.1) is 0 Å². The van der Waals surface area contributed by atoms with Crippen LogP contribution in [-0.2, 0) is 16.1 Å². The number of anilines is 1. The Labute approximate surface area is 159 Å². The standard InChI is InChI=1S/C20H24ClN3O2/c1-3-24(13-16-9-5-4-6-10-16)20(26)15-23(2)14-19(25)22-18-12-8-7-11-17(18)21/h4-12H,3,13-15H2,1-2H3,(H,22,25). The first kappa shape index (κ1) is 19.9. The molecule has 0 fully saturated rings. The molecule has 5 nitrogen and oxygen atoms in total. The van der Waals surface area contributed by atoms with Crippen molar-refractivity contribution in [2.75, 3.05) is 32.0 Å². The SMILES string of the molecule is CCN(Cc1ccccc1)C(=O)CN(C)CC(=O)Nc1ccccc1Cl. The highest BCUT2D eigenvalue weighted by Gasteiger charge is 2.16. The van der Waals surface area contributed by atoms with E-state index in [1.54, 1.807) is 41.1 Å². The van der Waals surface area contributed by atoms with Crippen molar-refractivity contribution in [2.45, 2.75) is 13.5 Å². The lowest BCUT2D eigenvalue weighted by Gasteiger charge is -2.24. The molecule has 2 aromatic rings. The number of para-hydroxylation sites is 1. The Morgan fingerprint density at radius 3 is 2.31 bits per heavy atom. The van der Waals surface area contributed by atoms with Gasteiger partial charge < -0.3 is 10.2 Å². The molecule has 0 aliphatic carbocycles. The second kappa shape index (κ2) is 9.94. The van der Waals surface area contributed by atoms with Gasteiger partial charge in [-0.2, -0.15) is 0 Å². The number of benzene rings is 2. The summed E-state index contributed by atoms with van der Waals surface area (Å²) in [6, 6.07) is 16.9. The highest BCUT2D eigenvalue weighted by atomic mass is 35.5. The molecule has 0 atom stereocenters. The topological polar surface area (TPSA) is 52.7 Å². The minimum absolute atomic E-state index is 0.00982. The number of amides is 2. The highest BCUT2D eigenvalue weighted by Crippen LogP contribution is 2.20. The van der Waals surface area contributed by atoms with Crippen molar-refractivity contribution >= 4 is 29.1 Å². The molecule has 2 aromatic carbocycles. The van der Waals surface area contributed by atoms with Crippen LogP contribution in [0.25, 0.3) is 0 Å². The molecule has 138 valence electrons. The van der Waals surface area contributed by atoms with Gasteiger partial charge in [-0.1, -0.05) is 54.1 Å². The fourth-order valence-corrected chi connectivity index (χ4v) is 2.75. The van der Waals surface area contributed by atoms with Crippen LogP contribution in [-0.4, -0.2) is 48.3 Å². The van der Waals surface area contributed by atoms with E-state index in [-0.39, 0.29) is 24.9 Å². The van der Waals surface area contributed by atoms with Crippen LogP contribution in [0.1, 0.15) is 12.5 Å². The zero-order valence-corrected chi connectivity index (χ0v) is 15.9. The summed E-state index contributed by atoms with van der Waals surface area (Å²) in [7, 11) is 1.75. The van der Waals surface area contributed by atoms with Crippen LogP contribution in [0.4, 0.5) is 5.69 Å². The summed E-state index contributed by atoms with van der Waals surface area (Å²) in [5, 5.41) is 3.25. The Kier molecular flexibility index (Phi) is 7.63. The quantitative estimate of drug-likeness (QED) is 0.772. The molecule has 0 heterocycles. The van der Waals surface area contributed by atoms with E-state index in [2.05, 4.69) is 5.32 Å². The number of nitrogens with zero attached hydrogens (tertiary/aromatic N) is 2. The Balaban J connectivity index is 1.85. The second-order valence-electron chi connectivity index (χ2n) is 6.09. The lowest BCUT2D eigenvalue weighted by atomic mass is 10.2. The van der Waals surface area contributed by atoms with Crippen molar-refractivity contribution in [3.63, 3.8) is 0 Å². The second-order valence-corrected chi connectivity index (χ2v) is 6.50. The van der Waals surface area contributed by atoms with E-state index in [0.717, 1.165) is 5.56 Å². The summed E-state index contributed by atoms with van der Waals surface area (Å²) < 4.78 is 0. The number of carbonyl (C=O) groups excluding carboxylic acids is 2. The molecular formula is C20H24ClN3O2.